The first-order chi connectivity index (χ1) is 8.77. The lowest BCUT2D eigenvalue weighted by atomic mass is 10.0. The Bertz CT molecular complexity index is 581. The maximum absolute atomic E-state index is 12.4. The van der Waals surface area contributed by atoms with E-state index in [1.165, 1.54) is 0 Å². The second-order valence-corrected chi connectivity index (χ2v) is 3.92. The van der Waals surface area contributed by atoms with E-state index in [1.807, 2.05) is 31.2 Å². The molecule has 0 fully saturated rings. The van der Waals surface area contributed by atoms with Gasteiger partial charge in [-0.2, -0.15) is 5.26 Å². The fraction of sp³-hybridized carbons (Fsp3) is 0.214. The first-order valence-corrected chi connectivity index (χ1v) is 5.80. The van der Waals surface area contributed by atoms with Gasteiger partial charge in [0.2, 0.25) is 5.82 Å². The van der Waals surface area contributed by atoms with Crippen LogP contribution < -0.4 is 0 Å². The summed E-state index contributed by atoms with van der Waals surface area (Å²) in [6, 6.07) is 10.7. The molecule has 0 N–H and O–H groups in total. The van der Waals surface area contributed by atoms with Gasteiger partial charge in [0, 0.05) is 18.0 Å². The molecule has 0 saturated heterocycles. The maximum atomic E-state index is 12.4. The van der Waals surface area contributed by atoms with Crippen LogP contribution in [0.4, 0.5) is 0 Å². The highest BCUT2D eigenvalue weighted by Gasteiger charge is 2.21. The molecule has 0 bridgehead atoms. The molecule has 0 radical (unpaired) electrons. The van der Waals surface area contributed by atoms with Crippen molar-refractivity contribution in [2.75, 3.05) is 0 Å². The van der Waals surface area contributed by atoms with E-state index in [0.29, 0.717) is 12.0 Å². The molecular formula is C14H13N3O. The molecule has 2 aromatic rings. The number of hydrogen-bond acceptors (Lipinski definition) is 3. The predicted octanol–water partition coefficient (Wildman–Crippen LogP) is 2.59. The lowest BCUT2D eigenvalue weighted by Crippen LogP contribution is -2.19. The van der Waals surface area contributed by atoms with E-state index in [0.717, 1.165) is 0 Å². The Morgan fingerprint density at radius 1 is 1.44 bits per heavy atom. The van der Waals surface area contributed by atoms with E-state index in [4.69, 9.17) is 5.26 Å². The predicted molar refractivity (Wildman–Crippen MR) is 67.0 cm³/mol. The quantitative estimate of drug-likeness (QED) is 0.770. The number of imidazole rings is 1. The van der Waals surface area contributed by atoms with Crippen molar-refractivity contribution in [1.82, 2.24) is 9.55 Å². The van der Waals surface area contributed by atoms with Crippen molar-refractivity contribution < 1.29 is 4.79 Å². The zero-order valence-electron chi connectivity index (χ0n) is 10.1. The summed E-state index contributed by atoms with van der Waals surface area (Å²) in [5.41, 5.74) is 0.655. The van der Waals surface area contributed by atoms with Crippen molar-refractivity contribution in [3.63, 3.8) is 0 Å². The van der Waals surface area contributed by atoms with Crippen molar-refractivity contribution in [3.8, 4) is 6.07 Å². The molecule has 1 aromatic carbocycles. The van der Waals surface area contributed by atoms with Crippen LogP contribution in [0.5, 0.6) is 0 Å². The minimum atomic E-state index is -0.371. The lowest BCUT2D eigenvalue weighted by molar-refractivity contribution is 0.0921. The van der Waals surface area contributed by atoms with Crippen LogP contribution in [0.2, 0.25) is 0 Å². The molecule has 0 saturated carbocycles. The third-order valence-electron chi connectivity index (χ3n) is 2.85. The average molecular weight is 239 g/mol. The van der Waals surface area contributed by atoms with Crippen LogP contribution >= 0.6 is 0 Å². The molecule has 0 spiro atoms. The Kier molecular flexibility index (Phi) is 3.54. The summed E-state index contributed by atoms with van der Waals surface area (Å²) in [6.07, 6.45) is 3.84. The monoisotopic (exact) mass is 239 g/mol. The number of benzene rings is 1. The van der Waals surface area contributed by atoms with Gasteiger partial charge in [-0.25, -0.2) is 4.98 Å². The Balaban J connectivity index is 2.36. The van der Waals surface area contributed by atoms with Crippen LogP contribution in [0.1, 0.15) is 35.6 Å². The molecule has 0 aliphatic heterocycles. The SMILES string of the molecule is CCC(C(=O)c1ccccc1)n1ccnc1C#N. The first-order valence-electron chi connectivity index (χ1n) is 5.80. The first kappa shape index (κ1) is 12.1. The van der Waals surface area contributed by atoms with Crippen LogP contribution in [0.3, 0.4) is 0 Å². The van der Waals surface area contributed by atoms with Crippen molar-refractivity contribution in [3.05, 3.63) is 54.1 Å². The normalized spacial score (nSPS) is 11.8. The molecule has 1 aromatic heterocycles. The van der Waals surface area contributed by atoms with E-state index in [1.54, 1.807) is 29.1 Å². The standard InChI is InChI=1S/C14H13N3O/c1-2-12(17-9-8-16-13(17)10-15)14(18)11-6-4-3-5-7-11/h3-9,12H,2H2,1H3. The van der Waals surface area contributed by atoms with Crippen LogP contribution in [0, 0.1) is 11.3 Å². The zero-order chi connectivity index (χ0) is 13.0. The summed E-state index contributed by atoms with van der Waals surface area (Å²) in [5.74, 6) is 0.277. The highest BCUT2D eigenvalue weighted by atomic mass is 16.1. The van der Waals surface area contributed by atoms with E-state index in [-0.39, 0.29) is 17.6 Å². The molecule has 90 valence electrons. The van der Waals surface area contributed by atoms with Gasteiger partial charge in [0.05, 0.1) is 6.04 Å². The van der Waals surface area contributed by atoms with Crippen LogP contribution in [-0.4, -0.2) is 15.3 Å². The number of hydrogen-bond donors (Lipinski definition) is 0. The molecular weight excluding hydrogens is 226 g/mol. The maximum Gasteiger partial charge on any atom is 0.213 e. The summed E-state index contributed by atoms with van der Waals surface area (Å²) < 4.78 is 1.63. The largest absolute Gasteiger partial charge is 0.312 e. The van der Waals surface area contributed by atoms with E-state index in [9.17, 15) is 4.79 Å². The van der Waals surface area contributed by atoms with Gasteiger partial charge in [-0.15, -0.1) is 0 Å². The highest BCUT2D eigenvalue weighted by Crippen LogP contribution is 2.19. The van der Waals surface area contributed by atoms with Gasteiger partial charge in [0.1, 0.15) is 6.07 Å². The number of Topliss-reactive ketones (excluding diaryl/α,β-unsaturated/α-hetero) is 1. The fourth-order valence-electron chi connectivity index (χ4n) is 1.95. The number of nitrogens with zero attached hydrogens (tertiary/aromatic N) is 3. The summed E-state index contributed by atoms with van der Waals surface area (Å²) >= 11 is 0. The molecule has 2 rings (SSSR count). The number of aromatic nitrogens is 2. The van der Waals surface area contributed by atoms with Gasteiger partial charge in [-0.1, -0.05) is 37.3 Å². The molecule has 0 aliphatic carbocycles. The van der Waals surface area contributed by atoms with Gasteiger partial charge in [-0.3, -0.25) is 4.79 Å². The minimum absolute atomic E-state index is 0.00704. The van der Waals surface area contributed by atoms with Gasteiger partial charge >= 0.3 is 0 Å². The third-order valence-corrected chi connectivity index (χ3v) is 2.85. The summed E-state index contributed by atoms with van der Waals surface area (Å²) in [6.45, 7) is 1.92. The molecule has 1 unspecified atom stereocenters. The number of carbonyl (C=O) groups excluding carboxylic acids is 1. The van der Waals surface area contributed by atoms with Crippen LogP contribution in [0.25, 0.3) is 0 Å². The van der Waals surface area contributed by atoms with Gasteiger partial charge in [-0.05, 0) is 6.42 Å². The van der Waals surface area contributed by atoms with Gasteiger partial charge in [0.25, 0.3) is 0 Å². The molecule has 4 heteroatoms. The van der Waals surface area contributed by atoms with E-state index in [2.05, 4.69) is 4.98 Å². The molecule has 1 heterocycles. The number of ketones is 1. The molecule has 1 atom stereocenters. The number of nitriles is 1. The second kappa shape index (κ2) is 5.28. The van der Waals surface area contributed by atoms with Gasteiger partial charge in [0.15, 0.2) is 5.78 Å². The number of carbonyl (C=O) groups is 1. The Morgan fingerprint density at radius 2 is 2.17 bits per heavy atom. The van der Waals surface area contributed by atoms with Crippen molar-refractivity contribution in [2.45, 2.75) is 19.4 Å². The van der Waals surface area contributed by atoms with Crippen molar-refractivity contribution >= 4 is 5.78 Å². The number of rotatable bonds is 4. The lowest BCUT2D eigenvalue weighted by Gasteiger charge is -2.16. The zero-order valence-corrected chi connectivity index (χ0v) is 10.1. The molecule has 0 amide bonds. The smallest absolute Gasteiger partial charge is 0.213 e. The summed E-state index contributed by atoms with van der Waals surface area (Å²) in [7, 11) is 0. The average Bonchev–Trinajstić information content (AvgIpc) is 2.89. The Hall–Kier alpha value is -2.41. The summed E-state index contributed by atoms with van der Waals surface area (Å²) in [4.78, 5) is 16.3. The topological polar surface area (TPSA) is 58.7 Å². The second-order valence-electron chi connectivity index (χ2n) is 3.92. The third kappa shape index (κ3) is 2.16. The van der Waals surface area contributed by atoms with Crippen LogP contribution in [0.15, 0.2) is 42.7 Å². The minimum Gasteiger partial charge on any atom is -0.312 e. The van der Waals surface area contributed by atoms with Crippen molar-refractivity contribution in [1.29, 1.82) is 5.26 Å². The highest BCUT2D eigenvalue weighted by molar-refractivity contribution is 5.99. The molecule has 18 heavy (non-hydrogen) atoms. The fourth-order valence-corrected chi connectivity index (χ4v) is 1.95. The van der Waals surface area contributed by atoms with Gasteiger partial charge < -0.3 is 4.57 Å². The molecule has 4 nitrogen and oxygen atoms in total. The molecule has 0 aliphatic rings. The van der Waals surface area contributed by atoms with Crippen molar-refractivity contribution in [2.24, 2.45) is 0 Å². The van der Waals surface area contributed by atoms with E-state index < -0.39 is 0 Å². The Morgan fingerprint density at radius 3 is 2.78 bits per heavy atom. The summed E-state index contributed by atoms with van der Waals surface area (Å²) in [5, 5.41) is 8.96. The van der Waals surface area contributed by atoms with Crippen LogP contribution in [-0.2, 0) is 0 Å². The Labute approximate surface area is 106 Å². The van der Waals surface area contributed by atoms with E-state index >= 15 is 0 Å².